The molecule has 0 bridgehead atoms. The maximum absolute atomic E-state index is 9.84. The van der Waals surface area contributed by atoms with Crippen LogP contribution in [0.5, 0.6) is 5.75 Å². The number of likely N-dealkylation sites (N-methyl/N-ethyl adjacent to an activating group) is 1. The Kier molecular flexibility index (Phi) is 5.06. The molecule has 0 aromatic carbocycles. The summed E-state index contributed by atoms with van der Waals surface area (Å²) in [5.41, 5.74) is 1.68. The summed E-state index contributed by atoms with van der Waals surface area (Å²) in [4.78, 5) is 10.2. The van der Waals surface area contributed by atoms with E-state index in [4.69, 9.17) is 5.11 Å². The zero-order chi connectivity index (χ0) is 12.8. The summed E-state index contributed by atoms with van der Waals surface area (Å²) in [5.74, 6) is 0.0881. The second kappa shape index (κ2) is 6.32. The molecule has 1 aromatic rings. The Morgan fingerprint density at radius 2 is 2.18 bits per heavy atom. The van der Waals surface area contributed by atoms with Crippen LogP contribution in [0.3, 0.4) is 0 Å². The fraction of sp³-hybridized carbons (Fsp3) is 0.500. The van der Waals surface area contributed by atoms with Gasteiger partial charge >= 0.3 is 0 Å². The Morgan fingerprint density at radius 1 is 1.47 bits per heavy atom. The highest BCUT2D eigenvalue weighted by atomic mass is 16.3. The molecule has 0 unspecified atom stereocenters. The second-order valence-corrected chi connectivity index (χ2v) is 4.13. The van der Waals surface area contributed by atoms with E-state index >= 15 is 0 Å². The Balaban J connectivity index is 2.85. The first kappa shape index (κ1) is 13.6. The predicted molar refractivity (Wildman–Crippen MR) is 67.6 cm³/mol. The van der Waals surface area contributed by atoms with Crippen LogP contribution in [0.15, 0.2) is 11.2 Å². The molecule has 0 aliphatic carbocycles. The first-order valence-corrected chi connectivity index (χ1v) is 5.49. The van der Waals surface area contributed by atoms with Gasteiger partial charge in [0.15, 0.2) is 0 Å². The Hall–Kier alpha value is -1.46. The van der Waals surface area contributed by atoms with Crippen LogP contribution in [0.4, 0.5) is 0 Å². The highest BCUT2D eigenvalue weighted by Gasteiger charge is 2.08. The Bertz CT molecular complexity index is 403. The molecule has 0 saturated carbocycles. The van der Waals surface area contributed by atoms with Crippen LogP contribution in [-0.2, 0) is 6.61 Å². The highest BCUT2D eigenvalue weighted by molar-refractivity contribution is 5.85. The monoisotopic (exact) mass is 237 g/mol. The van der Waals surface area contributed by atoms with Crippen molar-refractivity contribution in [2.24, 2.45) is 4.99 Å². The smallest absolute Gasteiger partial charge is 0.145 e. The molecule has 17 heavy (non-hydrogen) atoms. The van der Waals surface area contributed by atoms with E-state index in [-0.39, 0.29) is 12.4 Å². The van der Waals surface area contributed by atoms with Gasteiger partial charge in [-0.2, -0.15) is 0 Å². The molecule has 0 aliphatic heterocycles. The van der Waals surface area contributed by atoms with E-state index in [1.54, 1.807) is 19.3 Å². The summed E-state index contributed by atoms with van der Waals surface area (Å²) < 4.78 is 0. The Labute approximate surface area is 101 Å². The standard InChI is InChI=1S/C12H19N3O2/c1-9-12(17)11(10(8-16)6-14-9)7-13-4-5-15(2)3/h6-7,16-17H,4-5,8H2,1-3H3. The van der Waals surface area contributed by atoms with Gasteiger partial charge in [-0.1, -0.05) is 0 Å². The lowest BCUT2D eigenvalue weighted by molar-refractivity contribution is 0.280. The van der Waals surface area contributed by atoms with E-state index in [0.29, 0.717) is 23.4 Å². The zero-order valence-electron chi connectivity index (χ0n) is 10.5. The number of aliphatic imine (C=N–C) groups is 1. The molecule has 5 heteroatoms. The van der Waals surface area contributed by atoms with Gasteiger partial charge in [0, 0.05) is 30.1 Å². The van der Waals surface area contributed by atoms with Gasteiger partial charge in [-0.3, -0.25) is 9.98 Å². The number of pyridine rings is 1. The number of aliphatic hydroxyl groups excluding tert-OH is 1. The molecular formula is C12H19N3O2. The van der Waals surface area contributed by atoms with Crippen LogP contribution in [0.25, 0.3) is 0 Å². The molecule has 0 atom stereocenters. The summed E-state index contributed by atoms with van der Waals surface area (Å²) >= 11 is 0. The van der Waals surface area contributed by atoms with Gasteiger partial charge in [-0.15, -0.1) is 0 Å². The largest absolute Gasteiger partial charge is 0.505 e. The summed E-state index contributed by atoms with van der Waals surface area (Å²) in [6.45, 7) is 3.05. The van der Waals surface area contributed by atoms with Gasteiger partial charge < -0.3 is 15.1 Å². The first-order valence-electron chi connectivity index (χ1n) is 5.49. The van der Waals surface area contributed by atoms with Crippen molar-refractivity contribution in [1.29, 1.82) is 0 Å². The van der Waals surface area contributed by atoms with Crippen molar-refractivity contribution in [3.8, 4) is 5.75 Å². The van der Waals surface area contributed by atoms with Crippen LogP contribution in [-0.4, -0.2) is 53.5 Å². The van der Waals surface area contributed by atoms with Crippen LogP contribution >= 0.6 is 0 Å². The molecule has 0 fully saturated rings. The fourth-order valence-corrected chi connectivity index (χ4v) is 1.34. The van der Waals surface area contributed by atoms with Crippen molar-refractivity contribution in [3.63, 3.8) is 0 Å². The third-order valence-corrected chi connectivity index (χ3v) is 2.42. The van der Waals surface area contributed by atoms with E-state index in [1.165, 1.54) is 0 Å². The minimum atomic E-state index is -0.157. The number of aryl methyl sites for hydroxylation is 1. The van der Waals surface area contributed by atoms with Crippen molar-refractivity contribution in [1.82, 2.24) is 9.88 Å². The van der Waals surface area contributed by atoms with E-state index in [1.807, 2.05) is 19.0 Å². The van der Waals surface area contributed by atoms with E-state index < -0.39 is 0 Å². The summed E-state index contributed by atoms with van der Waals surface area (Å²) in [7, 11) is 3.95. The van der Waals surface area contributed by atoms with Crippen molar-refractivity contribution >= 4 is 6.21 Å². The minimum absolute atomic E-state index is 0.0881. The van der Waals surface area contributed by atoms with Crippen molar-refractivity contribution in [2.75, 3.05) is 27.2 Å². The summed E-state index contributed by atoms with van der Waals surface area (Å²) in [6, 6.07) is 0. The number of aromatic nitrogens is 1. The second-order valence-electron chi connectivity index (χ2n) is 4.13. The first-order chi connectivity index (χ1) is 8.06. The maximum Gasteiger partial charge on any atom is 0.145 e. The molecule has 0 aliphatic rings. The third kappa shape index (κ3) is 3.80. The van der Waals surface area contributed by atoms with Crippen LogP contribution in [0, 0.1) is 6.92 Å². The number of aliphatic hydroxyl groups is 1. The molecule has 0 radical (unpaired) electrons. The highest BCUT2D eigenvalue weighted by Crippen LogP contribution is 2.21. The predicted octanol–water partition coefficient (Wildman–Crippen LogP) is 0.568. The van der Waals surface area contributed by atoms with Gasteiger partial charge in [-0.05, 0) is 21.0 Å². The average Bonchev–Trinajstić information content (AvgIpc) is 2.29. The van der Waals surface area contributed by atoms with E-state index in [0.717, 1.165) is 6.54 Å². The van der Waals surface area contributed by atoms with Gasteiger partial charge in [0.1, 0.15) is 5.75 Å². The summed E-state index contributed by atoms with van der Waals surface area (Å²) in [5, 5.41) is 19.0. The van der Waals surface area contributed by atoms with Gasteiger partial charge in [0.05, 0.1) is 18.8 Å². The fourth-order valence-electron chi connectivity index (χ4n) is 1.34. The number of rotatable bonds is 5. The molecule has 0 spiro atoms. The van der Waals surface area contributed by atoms with Crippen LogP contribution in [0.2, 0.25) is 0 Å². The van der Waals surface area contributed by atoms with Gasteiger partial charge in [0.25, 0.3) is 0 Å². The third-order valence-electron chi connectivity index (χ3n) is 2.42. The SMILES string of the molecule is Cc1ncc(CO)c(C=NCCN(C)C)c1O. The topological polar surface area (TPSA) is 69.0 Å². The quantitative estimate of drug-likeness (QED) is 0.735. The number of hydrogen-bond donors (Lipinski definition) is 2. The van der Waals surface area contributed by atoms with Crippen molar-refractivity contribution in [2.45, 2.75) is 13.5 Å². The molecule has 2 N–H and O–H groups in total. The lowest BCUT2D eigenvalue weighted by Gasteiger charge is -2.08. The Morgan fingerprint density at radius 3 is 2.76 bits per heavy atom. The zero-order valence-corrected chi connectivity index (χ0v) is 10.5. The average molecular weight is 237 g/mol. The molecule has 1 aromatic heterocycles. The molecule has 94 valence electrons. The molecule has 5 nitrogen and oxygen atoms in total. The minimum Gasteiger partial charge on any atom is -0.505 e. The lowest BCUT2D eigenvalue weighted by atomic mass is 10.1. The molecule has 0 amide bonds. The number of aromatic hydroxyl groups is 1. The van der Waals surface area contributed by atoms with E-state index in [9.17, 15) is 5.11 Å². The van der Waals surface area contributed by atoms with E-state index in [2.05, 4.69) is 9.98 Å². The molecule has 1 rings (SSSR count). The van der Waals surface area contributed by atoms with Crippen LogP contribution in [0.1, 0.15) is 16.8 Å². The normalized spacial score (nSPS) is 11.6. The molecule has 1 heterocycles. The van der Waals surface area contributed by atoms with Gasteiger partial charge in [0.2, 0.25) is 0 Å². The maximum atomic E-state index is 9.84. The number of nitrogens with zero attached hydrogens (tertiary/aromatic N) is 3. The molecule has 0 saturated heterocycles. The lowest BCUT2D eigenvalue weighted by Crippen LogP contribution is -2.15. The van der Waals surface area contributed by atoms with Crippen molar-refractivity contribution in [3.05, 3.63) is 23.0 Å². The van der Waals surface area contributed by atoms with Crippen molar-refractivity contribution < 1.29 is 10.2 Å². The van der Waals surface area contributed by atoms with Crippen LogP contribution < -0.4 is 0 Å². The number of hydrogen-bond acceptors (Lipinski definition) is 5. The molecular weight excluding hydrogens is 218 g/mol. The van der Waals surface area contributed by atoms with Gasteiger partial charge in [-0.25, -0.2) is 0 Å². The summed E-state index contributed by atoms with van der Waals surface area (Å²) in [6.07, 6.45) is 3.15.